The average Bonchev–Trinajstić information content (AvgIpc) is 2.21. The van der Waals surface area contributed by atoms with E-state index in [0.29, 0.717) is 24.5 Å². The van der Waals surface area contributed by atoms with Crippen molar-refractivity contribution in [3.8, 4) is 0 Å². The summed E-state index contributed by atoms with van der Waals surface area (Å²) in [6, 6.07) is 7.12. The van der Waals surface area contributed by atoms with Gasteiger partial charge in [0.15, 0.2) is 0 Å². The van der Waals surface area contributed by atoms with Gasteiger partial charge in [0.2, 0.25) is 10.9 Å². The van der Waals surface area contributed by atoms with E-state index in [0.717, 1.165) is 4.47 Å². The standard InChI is InChI=1S/C9H11BrClNO2S/c10-8-2-4-9(5-3-8)12(15(13)14)7-1-6-11/h2-5,15H,1,6-7H2. The second kappa shape index (κ2) is 6.35. The Morgan fingerprint density at radius 2 is 1.87 bits per heavy atom. The van der Waals surface area contributed by atoms with E-state index in [4.69, 9.17) is 11.6 Å². The highest BCUT2D eigenvalue weighted by Gasteiger charge is 2.07. The molecule has 0 saturated carbocycles. The van der Waals surface area contributed by atoms with Crippen molar-refractivity contribution < 1.29 is 8.42 Å². The molecule has 0 N–H and O–H groups in total. The van der Waals surface area contributed by atoms with Crippen molar-refractivity contribution in [3.05, 3.63) is 28.7 Å². The summed E-state index contributed by atoms with van der Waals surface area (Å²) in [5, 5.41) is 0. The minimum absolute atomic E-state index is 0.420. The maximum Gasteiger partial charge on any atom is 0.225 e. The number of halogens is 2. The Balaban J connectivity index is 2.84. The van der Waals surface area contributed by atoms with Crippen LogP contribution in [0.2, 0.25) is 0 Å². The first-order valence-electron chi connectivity index (χ1n) is 4.38. The Morgan fingerprint density at radius 1 is 1.27 bits per heavy atom. The lowest BCUT2D eigenvalue weighted by Gasteiger charge is -2.16. The van der Waals surface area contributed by atoms with Crippen molar-refractivity contribution in [2.24, 2.45) is 0 Å². The molecule has 1 aromatic carbocycles. The Morgan fingerprint density at radius 3 is 2.33 bits per heavy atom. The van der Waals surface area contributed by atoms with Gasteiger partial charge in [0.05, 0.1) is 5.69 Å². The van der Waals surface area contributed by atoms with Crippen LogP contribution >= 0.6 is 27.5 Å². The maximum absolute atomic E-state index is 11.0. The highest BCUT2D eigenvalue weighted by Crippen LogP contribution is 2.18. The summed E-state index contributed by atoms with van der Waals surface area (Å²) >= 11 is 8.83. The maximum atomic E-state index is 11.0. The van der Waals surface area contributed by atoms with Gasteiger partial charge < -0.3 is 0 Å². The molecule has 84 valence electrons. The molecule has 0 unspecified atom stereocenters. The summed E-state index contributed by atoms with van der Waals surface area (Å²) in [6.07, 6.45) is 0.640. The van der Waals surface area contributed by atoms with Gasteiger partial charge in [-0.3, -0.25) is 4.31 Å². The topological polar surface area (TPSA) is 37.4 Å². The van der Waals surface area contributed by atoms with E-state index in [2.05, 4.69) is 15.9 Å². The van der Waals surface area contributed by atoms with Crippen molar-refractivity contribution in [2.75, 3.05) is 16.7 Å². The van der Waals surface area contributed by atoms with E-state index >= 15 is 0 Å². The second-order valence-corrected chi connectivity index (χ2v) is 5.13. The van der Waals surface area contributed by atoms with Gasteiger partial charge in [-0.15, -0.1) is 11.6 Å². The molecule has 0 radical (unpaired) electrons. The van der Waals surface area contributed by atoms with Crippen LogP contribution in [-0.2, 0) is 10.9 Å². The van der Waals surface area contributed by atoms with Crippen LogP contribution < -0.4 is 4.31 Å². The third-order valence-corrected chi connectivity index (χ3v) is 3.45. The highest BCUT2D eigenvalue weighted by atomic mass is 79.9. The molecule has 0 heterocycles. The quantitative estimate of drug-likeness (QED) is 0.670. The van der Waals surface area contributed by atoms with E-state index < -0.39 is 10.9 Å². The summed E-state index contributed by atoms with van der Waals surface area (Å²) in [6.45, 7) is 0.420. The molecule has 0 saturated heterocycles. The van der Waals surface area contributed by atoms with Crippen LogP contribution in [0, 0.1) is 0 Å². The molecule has 15 heavy (non-hydrogen) atoms. The van der Waals surface area contributed by atoms with E-state index in [9.17, 15) is 8.42 Å². The van der Waals surface area contributed by atoms with Crippen LogP contribution in [0.15, 0.2) is 28.7 Å². The molecule has 6 heteroatoms. The third kappa shape index (κ3) is 4.01. The summed E-state index contributed by atoms with van der Waals surface area (Å²) in [5.74, 6) is 0.455. The van der Waals surface area contributed by atoms with Crippen LogP contribution in [0.3, 0.4) is 0 Å². The molecule has 0 fully saturated rings. The Bertz CT molecular complexity index is 372. The molecule has 0 spiro atoms. The zero-order valence-electron chi connectivity index (χ0n) is 7.90. The number of hydrogen-bond acceptors (Lipinski definition) is 2. The summed E-state index contributed by atoms with van der Waals surface area (Å²) in [4.78, 5) is 0. The number of anilines is 1. The van der Waals surface area contributed by atoms with Crippen LogP contribution in [0.25, 0.3) is 0 Å². The molecular weight excluding hydrogens is 302 g/mol. The Kier molecular flexibility index (Phi) is 5.42. The lowest BCUT2D eigenvalue weighted by molar-refractivity contribution is 0.609. The fourth-order valence-electron chi connectivity index (χ4n) is 1.13. The van der Waals surface area contributed by atoms with Gasteiger partial charge in [0.25, 0.3) is 0 Å². The molecule has 0 aromatic heterocycles. The SMILES string of the molecule is O=[SH](=O)N(CCCCl)c1ccc(Br)cc1. The Labute approximate surface area is 104 Å². The fourth-order valence-corrected chi connectivity index (χ4v) is 2.14. The number of benzene rings is 1. The van der Waals surface area contributed by atoms with Crippen molar-refractivity contribution >= 4 is 44.1 Å². The van der Waals surface area contributed by atoms with Crippen LogP contribution in [0.5, 0.6) is 0 Å². The third-order valence-electron chi connectivity index (χ3n) is 1.83. The normalized spacial score (nSPS) is 10.6. The number of alkyl halides is 1. The largest absolute Gasteiger partial charge is 0.272 e. The number of nitrogens with zero attached hydrogens (tertiary/aromatic N) is 1. The van der Waals surface area contributed by atoms with Crippen LogP contribution in [0.1, 0.15) is 6.42 Å². The number of rotatable bonds is 5. The van der Waals surface area contributed by atoms with Crippen molar-refractivity contribution in [2.45, 2.75) is 6.42 Å². The molecule has 3 nitrogen and oxygen atoms in total. The van der Waals surface area contributed by atoms with Gasteiger partial charge in [-0.25, -0.2) is 8.42 Å². The molecule has 0 aliphatic carbocycles. The van der Waals surface area contributed by atoms with Gasteiger partial charge in [-0.1, -0.05) is 15.9 Å². The zero-order chi connectivity index (χ0) is 11.3. The van der Waals surface area contributed by atoms with E-state index in [1.165, 1.54) is 4.31 Å². The van der Waals surface area contributed by atoms with Gasteiger partial charge in [-0.05, 0) is 30.7 Å². The lowest BCUT2D eigenvalue weighted by Crippen LogP contribution is -2.22. The van der Waals surface area contributed by atoms with Crippen LogP contribution in [-0.4, -0.2) is 20.8 Å². The van der Waals surface area contributed by atoms with E-state index in [-0.39, 0.29) is 0 Å². The molecule has 0 bridgehead atoms. The molecule has 1 rings (SSSR count). The molecule has 0 aliphatic rings. The first kappa shape index (κ1) is 12.8. The number of thiol groups is 1. The summed E-state index contributed by atoms with van der Waals surface area (Å²) in [7, 11) is -2.60. The predicted octanol–water partition coefficient (Wildman–Crippen LogP) is 2.41. The number of hydrogen-bond donors (Lipinski definition) is 1. The molecule has 0 atom stereocenters. The van der Waals surface area contributed by atoms with Gasteiger partial charge in [-0.2, -0.15) is 0 Å². The van der Waals surface area contributed by atoms with Gasteiger partial charge in [0.1, 0.15) is 0 Å². The minimum Gasteiger partial charge on any atom is -0.272 e. The van der Waals surface area contributed by atoms with E-state index in [1.807, 2.05) is 12.1 Å². The second-order valence-electron chi connectivity index (χ2n) is 2.88. The van der Waals surface area contributed by atoms with E-state index in [1.54, 1.807) is 12.1 Å². The van der Waals surface area contributed by atoms with Gasteiger partial charge >= 0.3 is 0 Å². The first-order chi connectivity index (χ1) is 7.15. The molecule has 0 aliphatic heterocycles. The molecule has 0 amide bonds. The van der Waals surface area contributed by atoms with Gasteiger partial charge in [0, 0.05) is 16.9 Å². The predicted molar refractivity (Wildman–Crippen MR) is 67.1 cm³/mol. The minimum atomic E-state index is -2.60. The average molecular weight is 313 g/mol. The fraction of sp³-hybridized carbons (Fsp3) is 0.333. The van der Waals surface area contributed by atoms with Crippen molar-refractivity contribution in [1.82, 2.24) is 0 Å². The molecular formula is C9H11BrClNO2S. The smallest absolute Gasteiger partial charge is 0.225 e. The summed E-state index contributed by atoms with van der Waals surface area (Å²) < 4.78 is 24.2. The van der Waals surface area contributed by atoms with Crippen molar-refractivity contribution in [1.29, 1.82) is 0 Å². The highest BCUT2D eigenvalue weighted by molar-refractivity contribution is 9.10. The summed E-state index contributed by atoms with van der Waals surface area (Å²) in [5.41, 5.74) is 0.666. The van der Waals surface area contributed by atoms with Crippen molar-refractivity contribution in [3.63, 3.8) is 0 Å². The van der Waals surface area contributed by atoms with Crippen LogP contribution in [0.4, 0.5) is 5.69 Å². The first-order valence-corrected chi connectivity index (χ1v) is 6.84. The monoisotopic (exact) mass is 311 g/mol. The lowest BCUT2D eigenvalue weighted by atomic mass is 10.3. The Hall–Kier alpha value is -0.260. The molecule has 1 aromatic rings. The zero-order valence-corrected chi connectivity index (χ0v) is 11.1.